The Labute approximate surface area is 180 Å². The highest BCUT2D eigenvalue weighted by Crippen LogP contribution is 2.78. The van der Waals surface area contributed by atoms with Crippen molar-refractivity contribution in [3.63, 3.8) is 0 Å². The van der Waals surface area contributed by atoms with Crippen molar-refractivity contribution in [1.82, 2.24) is 0 Å². The Morgan fingerprint density at radius 1 is 1.07 bits per heavy atom. The second kappa shape index (κ2) is 6.25. The van der Waals surface area contributed by atoms with Crippen LogP contribution in [0, 0.1) is 39.9 Å². The van der Waals surface area contributed by atoms with Gasteiger partial charge in [0.25, 0.3) is 0 Å². The van der Waals surface area contributed by atoms with Crippen LogP contribution in [-0.2, 0) is 14.3 Å². The highest BCUT2D eigenvalue weighted by molar-refractivity contribution is 8.00. The van der Waals surface area contributed by atoms with Gasteiger partial charge in [0.2, 0.25) is 0 Å². The van der Waals surface area contributed by atoms with Crippen molar-refractivity contribution in [1.29, 1.82) is 0 Å². The van der Waals surface area contributed by atoms with Gasteiger partial charge in [-0.3, -0.25) is 4.79 Å². The molecule has 4 aliphatic carbocycles. The maximum absolute atomic E-state index is 12.4. The van der Waals surface area contributed by atoms with Gasteiger partial charge < -0.3 is 9.47 Å². The Balaban J connectivity index is 1.38. The lowest BCUT2D eigenvalue weighted by atomic mass is 9.39. The molecule has 6 fully saturated rings. The summed E-state index contributed by atoms with van der Waals surface area (Å²) in [4.78, 5) is 12.4. The molecule has 8 atom stereocenters. The molecule has 4 saturated carbocycles. The fourth-order valence-electron chi connectivity index (χ4n) is 10.1. The third-order valence-corrected chi connectivity index (χ3v) is 13.0. The fourth-order valence-corrected chi connectivity index (χ4v) is 12.4. The van der Waals surface area contributed by atoms with Crippen LogP contribution in [0.25, 0.3) is 0 Å². The summed E-state index contributed by atoms with van der Waals surface area (Å²) in [6.07, 6.45) is 11.3. The Morgan fingerprint density at radius 3 is 2.59 bits per heavy atom. The van der Waals surface area contributed by atoms with Crippen molar-refractivity contribution < 1.29 is 14.3 Å². The van der Waals surface area contributed by atoms with Crippen molar-refractivity contribution in [3.05, 3.63) is 0 Å². The molecule has 0 N–H and O–H groups in total. The minimum atomic E-state index is -0.272. The zero-order valence-electron chi connectivity index (χ0n) is 18.5. The van der Waals surface area contributed by atoms with Crippen molar-refractivity contribution in [2.45, 2.75) is 89.6 Å². The first-order valence-corrected chi connectivity index (χ1v) is 13.3. The summed E-state index contributed by atoms with van der Waals surface area (Å²) in [5.74, 6) is 4.35. The molecule has 0 aromatic heterocycles. The van der Waals surface area contributed by atoms with E-state index in [0.717, 1.165) is 55.5 Å². The second-order valence-electron chi connectivity index (χ2n) is 11.6. The smallest absolute Gasteiger partial charge is 0.169 e. The number of carbonyl (C=O) groups excluding carboxylic acids is 1. The maximum Gasteiger partial charge on any atom is 0.169 e. The topological polar surface area (TPSA) is 35.5 Å². The molecule has 29 heavy (non-hydrogen) atoms. The van der Waals surface area contributed by atoms with Crippen molar-refractivity contribution in [3.8, 4) is 0 Å². The molecule has 2 aliphatic heterocycles. The Hall–Kier alpha value is -0.0600. The minimum absolute atomic E-state index is 0.271. The van der Waals surface area contributed by atoms with Crippen LogP contribution < -0.4 is 0 Å². The number of hydrogen-bond donors (Lipinski definition) is 0. The first-order valence-electron chi connectivity index (χ1n) is 12.3. The van der Waals surface area contributed by atoms with Crippen LogP contribution >= 0.6 is 11.8 Å². The van der Waals surface area contributed by atoms with Gasteiger partial charge in [-0.25, -0.2) is 0 Å². The van der Waals surface area contributed by atoms with E-state index in [-0.39, 0.29) is 11.2 Å². The molecule has 0 aromatic carbocycles. The number of ether oxygens (including phenoxy) is 2. The number of fused-ring (bicyclic) bond motifs is 3. The van der Waals surface area contributed by atoms with Gasteiger partial charge in [0, 0.05) is 29.8 Å². The minimum Gasteiger partial charge on any atom is -0.348 e. The van der Waals surface area contributed by atoms with E-state index in [1.165, 1.54) is 44.3 Å². The van der Waals surface area contributed by atoms with E-state index >= 15 is 0 Å². The molecule has 2 bridgehead atoms. The lowest BCUT2D eigenvalue weighted by Crippen LogP contribution is -2.64. The van der Waals surface area contributed by atoms with E-state index < -0.39 is 0 Å². The summed E-state index contributed by atoms with van der Waals surface area (Å²) >= 11 is 2.30. The molecule has 3 nitrogen and oxygen atoms in total. The summed E-state index contributed by atoms with van der Waals surface area (Å²) in [7, 11) is 0. The molecule has 0 amide bonds. The normalized spacial score (nSPS) is 54.8. The fraction of sp³-hybridized carbons (Fsp3) is 0.960. The highest BCUT2D eigenvalue weighted by Gasteiger charge is 2.73. The zero-order valence-corrected chi connectivity index (χ0v) is 19.3. The van der Waals surface area contributed by atoms with E-state index in [4.69, 9.17) is 9.47 Å². The van der Waals surface area contributed by atoms with Crippen LogP contribution in [0.15, 0.2) is 0 Å². The Kier molecular flexibility index (Phi) is 4.23. The van der Waals surface area contributed by atoms with E-state index in [1.807, 2.05) is 6.92 Å². The quantitative estimate of drug-likeness (QED) is 0.596. The predicted octanol–water partition coefficient (Wildman–Crippen LogP) is 5.46. The average Bonchev–Trinajstić information content (AvgIpc) is 3.35. The standard InChI is InChI=1S/C25H38O3S/c1-4-23-14-25(27-11-12-28-25)10-9-24(23)15-29-21(23)13-17-19-6-5-18(16(2)26)22(19,3)8-7-20(17)24/h17-21H,4-15H2,1-3H3/t17?,18-,19?,20?,21-,22-,23-,24+/m1/s1. The number of hydrogen-bond acceptors (Lipinski definition) is 4. The molecule has 6 rings (SSSR count). The van der Waals surface area contributed by atoms with Crippen LogP contribution in [0.4, 0.5) is 0 Å². The van der Waals surface area contributed by atoms with Crippen molar-refractivity contribution in [2.24, 2.45) is 39.9 Å². The van der Waals surface area contributed by atoms with Gasteiger partial charge in [-0.05, 0) is 85.9 Å². The molecule has 2 heterocycles. The third kappa shape index (κ3) is 2.27. The largest absolute Gasteiger partial charge is 0.348 e. The van der Waals surface area contributed by atoms with Crippen LogP contribution in [0.3, 0.4) is 0 Å². The van der Waals surface area contributed by atoms with Gasteiger partial charge >= 0.3 is 0 Å². The molecule has 162 valence electrons. The van der Waals surface area contributed by atoms with Gasteiger partial charge in [0.05, 0.1) is 13.2 Å². The number of rotatable bonds is 2. The molecular weight excluding hydrogens is 380 g/mol. The van der Waals surface area contributed by atoms with E-state index in [9.17, 15) is 4.79 Å². The molecule has 6 aliphatic rings. The number of thioether (sulfide) groups is 1. The van der Waals surface area contributed by atoms with Gasteiger partial charge in [0.15, 0.2) is 5.79 Å². The third-order valence-electron chi connectivity index (χ3n) is 11.3. The zero-order chi connectivity index (χ0) is 20.1. The first-order chi connectivity index (χ1) is 13.9. The van der Waals surface area contributed by atoms with Crippen LogP contribution in [-0.4, -0.2) is 35.8 Å². The predicted molar refractivity (Wildman–Crippen MR) is 116 cm³/mol. The lowest BCUT2D eigenvalue weighted by molar-refractivity contribution is -0.255. The molecule has 2 saturated heterocycles. The Morgan fingerprint density at radius 2 is 1.86 bits per heavy atom. The number of Topliss-reactive ketones (excluding diaryl/α,β-unsaturated/α-hetero) is 1. The summed E-state index contributed by atoms with van der Waals surface area (Å²) < 4.78 is 12.5. The molecule has 3 unspecified atom stereocenters. The molecule has 4 heteroatoms. The van der Waals surface area contributed by atoms with Crippen LogP contribution in [0.1, 0.15) is 78.6 Å². The highest BCUT2D eigenvalue weighted by atomic mass is 32.2. The summed E-state index contributed by atoms with van der Waals surface area (Å²) in [5, 5.41) is 0.762. The summed E-state index contributed by atoms with van der Waals surface area (Å²) in [6, 6.07) is 0. The molecule has 0 radical (unpaired) electrons. The Bertz CT molecular complexity index is 717. The van der Waals surface area contributed by atoms with Gasteiger partial charge in [-0.1, -0.05) is 13.8 Å². The van der Waals surface area contributed by atoms with Crippen molar-refractivity contribution >= 4 is 17.5 Å². The number of ketones is 1. The SMILES string of the molecule is CC[C@]12CC3(CC[C@@]14CS[C@@H]2CC1C4CC[C@@]2(C)C1CC[C@@H]2C(C)=O)OCCO3. The summed E-state index contributed by atoms with van der Waals surface area (Å²) in [5.41, 5.74) is 1.15. The van der Waals surface area contributed by atoms with Crippen molar-refractivity contribution in [2.75, 3.05) is 19.0 Å². The van der Waals surface area contributed by atoms with E-state index in [2.05, 4.69) is 25.6 Å². The van der Waals surface area contributed by atoms with Crippen LogP contribution in [0.2, 0.25) is 0 Å². The lowest BCUT2D eigenvalue weighted by Gasteiger charge is -2.66. The second-order valence-corrected chi connectivity index (χ2v) is 12.8. The average molecular weight is 419 g/mol. The van der Waals surface area contributed by atoms with E-state index in [1.54, 1.807) is 0 Å². The molecule has 0 aromatic rings. The van der Waals surface area contributed by atoms with Gasteiger partial charge in [0.1, 0.15) is 5.78 Å². The van der Waals surface area contributed by atoms with Gasteiger partial charge in [-0.2, -0.15) is 11.8 Å². The van der Waals surface area contributed by atoms with Crippen LogP contribution in [0.5, 0.6) is 0 Å². The monoisotopic (exact) mass is 418 g/mol. The summed E-state index contributed by atoms with van der Waals surface area (Å²) in [6.45, 7) is 8.36. The van der Waals surface area contributed by atoms with E-state index in [0.29, 0.717) is 22.5 Å². The van der Waals surface area contributed by atoms with Gasteiger partial charge in [-0.15, -0.1) is 0 Å². The molecular formula is C25H38O3S. The number of carbonyl (C=O) groups is 1. The molecule has 1 spiro atoms. The first kappa shape index (κ1) is 19.6. The maximum atomic E-state index is 12.4.